The van der Waals surface area contributed by atoms with Gasteiger partial charge in [0, 0.05) is 4.47 Å². The van der Waals surface area contributed by atoms with E-state index in [9.17, 15) is 4.79 Å². The summed E-state index contributed by atoms with van der Waals surface area (Å²) in [5, 5.41) is 0.612. The molecule has 1 heterocycles. The molecule has 3 aromatic rings. The summed E-state index contributed by atoms with van der Waals surface area (Å²) in [5.74, 6) is 0.786. The standard InChI is InChI=1S/C16H12BrClN2O/c17-12-5-3-4-11(8-12)10-20-15(9-18)19-14-7-2-1-6-13(14)16(20)21/h1-8H,9-10H2. The molecule has 0 amide bonds. The molecule has 0 atom stereocenters. The van der Waals surface area contributed by atoms with Crippen LogP contribution in [0.5, 0.6) is 0 Å². The molecular weight excluding hydrogens is 352 g/mol. The molecule has 0 fully saturated rings. The highest BCUT2D eigenvalue weighted by Gasteiger charge is 2.10. The maximum atomic E-state index is 12.7. The zero-order chi connectivity index (χ0) is 14.8. The SMILES string of the molecule is O=c1c2ccccc2nc(CCl)n1Cc1cccc(Br)c1. The Morgan fingerprint density at radius 1 is 1.14 bits per heavy atom. The van der Waals surface area contributed by atoms with Crippen LogP contribution in [0.4, 0.5) is 0 Å². The summed E-state index contributed by atoms with van der Waals surface area (Å²) >= 11 is 9.41. The molecule has 3 rings (SSSR count). The van der Waals surface area contributed by atoms with E-state index in [1.165, 1.54) is 0 Å². The first-order valence-electron chi connectivity index (χ1n) is 6.48. The third-order valence-electron chi connectivity index (χ3n) is 3.29. The molecule has 5 heteroatoms. The van der Waals surface area contributed by atoms with Crippen molar-refractivity contribution in [3.63, 3.8) is 0 Å². The summed E-state index contributed by atoms with van der Waals surface area (Å²) in [5.41, 5.74) is 1.65. The number of halogens is 2. The van der Waals surface area contributed by atoms with Crippen molar-refractivity contribution >= 4 is 38.4 Å². The van der Waals surface area contributed by atoms with E-state index in [1.807, 2.05) is 42.5 Å². The van der Waals surface area contributed by atoms with Gasteiger partial charge in [0.15, 0.2) is 0 Å². The molecule has 0 saturated heterocycles. The Kier molecular flexibility index (Phi) is 4.08. The smallest absolute Gasteiger partial charge is 0.261 e. The van der Waals surface area contributed by atoms with Crippen LogP contribution in [0.15, 0.2) is 57.8 Å². The van der Waals surface area contributed by atoms with Crippen molar-refractivity contribution in [2.75, 3.05) is 0 Å². The summed E-state index contributed by atoms with van der Waals surface area (Å²) in [4.78, 5) is 17.1. The Bertz CT molecular complexity index is 860. The van der Waals surface area contributed by atoms with Gasteiger partial charge in [-0.2, -0.15) is 0 Å². The fourth-order valence-corrected chi connectivity index (χ4v) is 2.95. The predicted octanol–water partition coefficient (Wildman–Crippen LogP) is 3.95. The van der Waals surface area contributed by atoms with E-state index in [-0.39, 0.29) is 11.4 Å². The van der Waals surface area contributed by atoms with Gasteiger partial charge in [-0.05, 0) is 29.8 Å². The first kappa shape index (κ1) is 14.3. The van der Waals surface area contributed by atoms with Crippen LogP contribution in [-0.4, -0.2) is 9.55 Å². The Balaban J connectivity index is 2.17. The second-order valence-electron chi connectivity index (χ2n) is 4.70. The van der Waals surface area contributed by atoms with Crippen molar-refractivity contribution in [2.24, 2.45) is 0 Å². The van der Waals surface area contributed by atoms with Crippen LogP contribution in [0.2, 0.25) is 0 Å². The number of aromatic nitrogens is 2. The number of nitrogens with zero attached hydrogens (tertiary/aromatic N) is 2. The zero-order valence-electron chi connectivity index (χ0n) is 11.1. The molecule has 3 nitrogen and oxygen atoms in total. The fourth-order valence-electron chi connectivity index (χ4n) is 2.30. The van der Waals surface area contributed by atoms with E-state index in [4.69, 9.17) is 11.6 Å². The lowest BCUT2D eigenvalue weighted by Gasteiger charge is -2.12. The average molecular weight is 364 g/mol. The molecule has 21 heavy (non-hydrogen) atoms. The molecule has 0 saturated carbocycles. The van der Waals surface area contributed by atoms with Crippen LogP contribution < -0.4 is 5.56 Å². The highest BCUT2D eigenvalue weighted by atomic mass is 79.9. The summed E-state index contributed by atoms with van der Waals surface area (Å²) in [7, 11) is 0. The molecule has 0 aliphatic carbocycles. The second-order valence-corrected chi connectivity index (χ2v) is 5.88. The van der Waals surface area contributed by atoms with Crippen molar-refractivity contribution in [2.45, 2.75) is 12.4 Å². The number of alkyl halides is 1. The van der Waals surface area contributed by atoms with Gasteiger partial charge in [-0.1, -0.05) is 40.2 Å². The topological polar surface area (TPSA) is 34.9 Å². The summed E-state index contributed by atoms with van der Waals surface area (Å²) in [6, 6.07) is 15.2. The van der Waals surface area contributed by atoms with Gasteiger partial charge in [0.25, 0.3) is 5.56 Å². The molecule has 0 aliphatic rings. The van der Waals surface area contributed by atoms with Crippen molar-refractivity contribution in [1.29, 1.82) is 0 Å². The molecule has 0 N–H and O–H groups in total. The molecule has 0 radical (unpaired) electrons. The third kappa shape index (κ3) is 2.87. The number of benzene rings is 2. The van der Waals surface area contributed by atoms with E-state index in [0.29, 0.717) is 23.3 Å². The number of hydrogen-bond acceptors (Lipinski definition) is 2. The molecule has 2 aromatic carbocycles. The Morgan fingerprint density at radius 3 is 2.71 bits per heavy atom. The van der Waals surface area contributed by atoms with E-state index in [2.05, 4.69) is 20.9 Å². The lowest BCUT2D eigenvalue weighted by molar-refractivity contribution is 0.706. The van der Waals surface area contributed by atoms with Crippen molar-refractivity contribution in [3.8, 4) is 0 Å². The highest BCUT2D eigenvalue weighted by molar-refractivity contribution is 9.10. The fraction of sp³-hybridized carbons (Fsp3) is 0.125. The zero-order valence-corrected chi connectivity index (χ0v) is 13.4. The summed E-state index contributed by atoms with van der Waals surface area (Å²) < 4.78 is 2.62. The Hall–Kier alpha value is -1.65. The normalized spacial score (nSPS) is 11.0. The van der Waals surface area contributed by atoms with Crippen molar-refractivity contribution in [3.05, 3.63) is 74.7 Å². The van der Waals surface area contributed by atoms with E-state index in [1.54, 1.807) is 10.6 Å². The molecule has 106 valence electrons. The quantitative estimate of drug-likeness (QED) is 0.661. The molecule has 1 aromatic heterocycles. The Labute approximate surface area is 135 Å². The molecular formula is C16H12BrClN2O. The monoisotopic (exact) mass is 362 g/mol. The van der Waals surface area contributed by atoms with Crippen LogP contribution >= 0.6 is 27.5 Å². The second kappa shape index (κ2) is 6.00. The Morgan fingerprint density at radius 2 is 1.95 bits per heavy atom. The van der Waals surface area contributed by atoms with Crippen molar-refractivity contribution < 1.29 is 0 Å². The van der Waals surface area contributed by atoms with Gasteiger partial charge in [0.1, 0.15) is 5.82 Å². The van der Waals surface area contributed by atoms with Gasteiger partial charge in [-0.15, -0.1) is 11.6 Å². The van der Waals surface area contributed by atoms with Crippen LogP contribution in [0.1, 0.15) is 11.4 Å². The minimum absolute atomic E-state index is 0.0591. The van der Waals surface area contributed by atoms with Crippen LogP contribution in [0, 0.1) is 0 Å². The lowest BCUT2D eigenvalue weighted by atomic mass is 10.2. The van der Waals surface area contributed by atoms with Gasteiger partial charge in [0.05, 0.1) is 23.3 Å². The first-order chi connectivity index (χ1) is 10.2. The van der Waals surface area contributed by atoms with Gasteiger partial charge in [0.2, 0.25) is 0 Å². The van der Waals surface area contributed by atoms with Crippen LogP contribution in [0.3, 0.4) is 0 Å². The van der Waals surface area contributed by atoms with E-state index < -0.39 is 0 Å². The van der Waals surface area contributed by atoms with Crippen LogP contribution in [-0.2, 0) is 12.4 Å². The molecule has 0 aliphatic heterocycles. The first-order valence-corrected chi connectivity index (χ1v) is 7.80. The van der Waals surface area contributed by atoms with Gasteiger partial charge >= 0.3 is 0 Å². The van der Waals surface area contributed by atoms with Crippen molar-refractivity contribution in [1.82, 2.24) is 9.55 Å². The highest BCUT2D eigenvalue weighted by Crippen LogP contribution is 2.15. The minimum Gasteiger partial charge on any atom is -0.291 e. The predicted molar refractivity (Wildman–Crippen MR) is 88.8 cm³/mol. The lowest BCUT2D eigenvalue weighted by Crippen LogP contribution is -2.25. The maximum absolute atomic E-state index is 12.7. The summed E-state index contributed by atoms with van der Waals surface area (Å²) in [6.45, 7) is 0.457. The maximum Gasteiger partial charge on any atom is 0.261 e. The van der Waals surface area contributed by atoms with E-state index >= 15 is 0 Å². The number of hydrogen-bond donors (Lipinski definition) is 0. The molecule has 0 unspecified atom stereocenters. The third-order valence-corrected chi connectivity index (χ3v) is 4.02. The largest absolute Gasteiger partial charge is 0.291 e. The molecule has 0 spiro atoms. The van der Waals surface area contributed by atoms with Gasteiger partial charge in [-0.25, -0.2) is 4.98 Å². The number of para-hydroxylation sites is 1. The summed E-state index contributed by atoms with van der Waals surface area (Å²) in [6.07, 6.45) is 0. The minimum atomic E-state index is -0.0591. The van der Waals surface area contributed by atoms with Gasteiger partial charge < -0.3 is 0 Å². The number of fused-ring (bicyclic) bond motifs is 1. The average Bonchev–Trinajstić information content (AvgIpc) is 2.50. The van der Waals surface area contributed by atoms with Gasteiger partial charge in [-0.3, -0.25) is 9.36 Å². The van der Waals surface area contributed by atoms with E-state index in [0.717, 1.165) is 10.0 Å². The molecule has 0 bridgehead atoms. The van der Waals surface area contributed by atoms with Crippen LogP contribution in [0.25, 0.3) is 10.9 Å². The number of rotatable bonds is 3.